The van der Waals surface area contributed by atoms with E-state index in [0.29, 0.717) is 17.5 Å². The highest BCUT2D eigenvalue weighted by atomic mass is 35.5. The van der Waals surface area contributed by atoms with Crippen LogP contribution in [-0.4, -0.2) is 39.8 Å². The van der Waals surface area contributed by atoms with Crippen LogP contribution in [0.2, 0.25) is 5.02 Å². The van der Waals surface area contributed by atoms with Crippen molar-refractivity contribution in [2.24, 2.45) is 10.7 Å². The van der Waals surface area contributed by atoms with Crippen LogP contribution in [0.15, 0.2) is 40.9 Å². The zero-order valence-electron chi connectivity index (χ0n) is 12.1. The van der Waals surface area contributed by atoms with Gasteiger partial charge in [0, 0.05) is 36.9 Å². The van der Waals surface area contributed by atoms with Crippen LogP contribution in [0, 0.1) is 0 Å². The number of rotatable bonds is 8. The van der Waals surface area contributed by atoms with Crippen molar-refractivity contribution in [3.8, 4) is 0 Å². The van der Waals surface area contributed by atoms with Crippen LogP contribution in [-0.2, 0) is 6.42 Å². The first kappa shape index (κ1) is 16.6. The van der Waals surface area contributed by atoms with Crippen LogP contribution in [0.5, 0.6) is 0 Å². The van der Waals surface area contributed by atoms with Gasteiger partial charge in [-0.15, -0.1) is 11.8 Å². The number of aryl methyl sites for hydroxylation is 1. The summed E-state index contributed by atoms with van der Waals surface area (Å²) in [6, 6.07) is 3.74. The van der Waals surface area contributed by atoms with Gasteiger partial charge in [-0.05, 0) is 25.0 Å². The maximum absolute atomic E-state index is 5.81. The summed E-state index contributed by atoms with van der Waals surface area (Å²) in [6.07, 6.45) is 7.02. The average Bonchev–Trinajstić information content (AvgIpc) is 3.03. The predicted molar refractivity (Wildman–Crippen MR) is 91.4 cm³/mol. The Morgan fingerprint density at radius 2 is 2.32 bits per heavy atom. The van der Waals surface area contributed by atoms with Crippen LogP contribution < -0.4 is 11.1 Å². The van der Waals surface area contributed by atoms with Crippen LogP contribution in [0.3, 0.4) is 0 Å². The zero-order chi connectivity index (χ0) is 15.6. The first-order chi connectivity index (χ1) is 10.7. The minimum Gasteiger partial charge on any atom is -0.370 e. The van der Waals surface area contributed by atoms with E-state index in [4.69, 9.17) is 17.3 Å². The molecule has 0 saturated carbocycles. The first-order valence-corrected chi connectivity index (χ1v) is 8.36. The standard InChI is InChI=1S/C14H19ClN6S/c15-11-3-4-13(20-8-11)22-7-6-19-14(16)18-5-1-2-12-9-17-10-21-12/h3-4,8-10H,1-2,5-7H2,(H,17,21)(H3,16,18,19). The Balaban J connectivity index is 1.55. The lowest BCUT2D eigenvalue weighted by molar-refractivity contribution is 0.806. The van der Waals surface area contributed by atoms with E-state index in [1.54, 1.807) is 24.3 Å². The lowest BCUT2D eigenvalue weighted by Crippen LogP contribution is -2.33. The molecule has 6 nitrogen and oxygen atoms in total. The molecule has 0 amide bonds. The van der Waals surface area contributed by atoms with E-state index >= 15 is 0 Å². The van der Waals surface area contributed by atoms with Crippen molar-refractivity contribution in [1.82, 2.24) is 20.3 Å². The molecule has 8 heteroatoms. The smallest absolute Gasteiger partial charge is 0.188 e. The van der Waals surface area contributed by atoms with Crippen molar-refractivity contribution in [2.75, 3.05) is 18.8 Å². The fourth-order valence-electron chi connectivity index (χ4n) is 1.73. The van der Waals surface area contributed by atoms with Crippen molar-refractivity contribution >= 4 is 29.3 Å². The number of thioether (sulfide) groups is 1. The van der Waals surface area contributed by atoms with E-state index in [-0.39, 0.29) is 0 Å². The van der Waals surface area contributed by atoms with Gasteiger partial charge in [-0.25, -0.2) is 9.97 Å². The van der Waals surface area contributed by atoms with Gasteiger partial charge in [0.2, 0.25) is 0 Å². The number of nitrogens with two attached hydrogens (primary N) is 1. The number of hydrogen-bond acceptors (Lipinski definition) is 4. The summed E-state index contributed by atoms with van der Waals surface area (Å²) in [5, 5.41) is 4.68. The second-order valence-corrected chi connectivity index (χ2v) is 6.09. The first-order valence-electron chi connectivity index (χ1n) is 6.99. The molecule has 0 aromatic carbocycles. The number of halogens is 1. The van der Waals surface area contributed by atoms with Crippen molar-refractivity contribution in [3.63, 3.8) is 0 Å². The maximum Gasteiger partial charge on any atom is 0.188 e. The highest BCUT2D eigenvalue weighted by Crippen LogP contribution is 2.16. The number of aromatic nitrogens is 3. The number of aliphatic imine (C=N–C) groups is 1. The van der Waals surface area contributed by atoms with E-state index < -0.39 is 0 Å². The van der Waals surface area contributed by atoms with Gasteiger partial charge in [0.25, 0.3) is 0 Å². The molecule has 2 aromatic heterocycles. The average molecular weight is 339 g/mol. The Morgan fingerprint density at radius 3 is 3.05 bits per heavy atom. The van der Waals surface area contributed by atoms with Gasteiger partial charge in [-0.2, -0.15) is 0 Å². The van der Waals surface area contributed by atoms with Crippen LogP contribution in [0.1, 0.15) is 12.1 Å². The summed E-state index contributed by atoms with van der Waals surface area (Å²) in [4.78, 5) is 15.5. The summed E-state index contributed by atoms with van der Waals surface area (Å²) >= 11 is 7.43. The highest BCUT2D eigenvalue weighted by molar-refractivity contribution is 7.99. The molecule has 0 radical (unpaired) electrons. The molecule has 0 fully saturated rings. The molecule has 0 aliphatic heterocycles. The number of nitrogens with zero attached hydrogens (tertiary/aromatic N) is 3. The molecular weight excluding hydrogens is 320 g/mol. The van der Waals surface area contributed by atoms with Gasteiger partial charge in [0.1, 0.15) is 0 Å². The third-order valence-electron chi connectivity index (χ3n) is 2.80. The second kappa shape index (κ2) is 9.32. The summed E-state index contributed by atoms with van der Waals surface area (Å²) in [6.45, 7) is 1.44. The lowest BCUT2D eigenvalue weighted by atomic mass is 10.2. The van der Waals surface area contributed by atoms with E-state index in [1.165, 1.54) is 0 Å². The fourth-order valence-corrected chi connectivity index (χ4v) is 2.55. The van der Waals surface area contributed by atoms with Gasteiger partial charge < -0.3 is 16.0 Å². The minimum atomic E-state index is 0.481. The number of imidazole rings is 1. The van der Waals surface area contributed by atoms with E-state index in [9.17, 15) is 0 Å². The maximum atomic E-state index is 5.81. The summed E-state index contributed by atoms with van der Waals surface area (Å²) in [5.41, 5.74) is 6.93. The van der Waals surface area contributed by atoms with Gasteiger partial charge >= 0.3 is 0 Å². The van der Waals surface area contributed by atoms with Crippen LogP contribution in [0.25, 0.3) is 0 Å². The predicted octanol–water partition coefficient (Wildman–Crippen LogP) is 2.09. The van der Waals surface area contributed by atoms with Crippen LogP contribution in [0.4, 0.5) is 0 Å². The molecule has 0 atom stereocenters. The van der Waals surface area contributed by atoms with Gasteiger partial charge in [0.05, 0.1) is 16.4 Å². The Hall–Kier alpha value is -1.73. The number of pyridine rings is 1. The molecule has 4 N–H and O–H groups in total. The van der Waals surface area contributed by atoms with Crippen LogP contribution >= 0.6 is 23.4 Å². The molecule has 2 rings (SSSR count). The van der Waals surface area contributed by atoms with Crippen molar-refractivity contribution in [2.45, 2.75) is 17.9 Å². The molecule has 0 bridgehead atoms. The molecule has 0 aliphatic carbocycles. The molecule has 0 aliphatic rings. The van der Waals surface area contributed by atoms with Gasteiger partial charge in [0.15, 0.2) is 5.96 Å². The number of guanidine groups is 1. The largest absolute Gasteiger partial charge is 0.370 e. The van der Waals surface area contributed by atoms with E-state index in [2.05, 4.69) is 25.3 Å². The number of hydrogen-bond donors (Lipinski definition) is 3. The molecule has 0 spiro atoms. The van der Waals surface area contributed by atoms with Crippen molar-refractivity contribution in [3.05, 3.63) is 41.6 Å². The number of H-pyrrole nitrogens is 1. The topological polar surface area (TPSA) is 92.0 Å². The lowest BCUT2D eigenvalue weighted by Gasteiger charge is -2.05. The highest BCUT2D eigenvalue weighted by Gasteiger charge is 1.97. The Kier molecular flexibility index (Phi) is 7.05. The molecule has 118 valence electrons. The monoisotopic (exact) mass is 338 g/mol. The molecular formula is C14H19ClN6S. The summed E-state index contributed by atoms with van der Waals surface area (Å²) in [5.74, 6) is 1.34. The SMILES string of the molecule is NC(=NCCCc1cnc[nH]1)NCCSc1ccc(Cl)cn1. The third kappa shape index (κ3) is 6.36. The van der Waals surface area contributed by atoms with Crippen molar-refractivity contribution < 1.29 is 0 Å². The quantitative estimate of drug-likeness (QED) is 0.297. The normalized spacial score (nSPS) is 11.6. The van der Waals surface area contributed by atoms with E-state index in [1.807, 2.05) is 18.3 Å². The van der Waals surface area contributed by atoms with Gasteiger partial charge in [-0.3, -0.25) is 4.99 Å². The third-order valence-corrected chi connectivity index (χ3v) is 3.97. The molecule has 2 heterocycles. The summed E-state index contributed by atoms with van der Waals surface area (Å²) < 4.78 is 0. The van der Waals surface area contributed by atoms with Crippen molar-refractivity contribution in [1.29, 1.82) is 0 Å². The molecule has 22 heavy (non-hydrogen) atoms. The summed E-state index contributed by atoms with van der Waals surface area (Å²) in [7, 11) is 0. The molecule has 0 unspecified atom stereocenters. The Morgan fingerprint density at radius 1 is 1.41 bits per heavy atom. The Bertz CT molecular complexity index is 570. The van der Waals surface area contributed by atoms with E-state index in [0.717, 1.165) is 35.9 Å². The minimum absolute atomic E-state index is 0.481. The number of nitrogens with one attached hydrogen (secondary N) is 2. The second-order valence-electron chi connectivity index (χ2n) is 4.54. The zero-order valence-corrected chi connectivity index (χ0v) is 13.7. The fraction of sp³-hybridized carbons (Fsp3) is 0.357. The Labute approximate surface area is 139 Å². The van der Waals surface area contributed by atoms with Gasteiger partial charge in [-0.1, -0.05) is 11.6 Å². The number of aromatic amines is 1. The molecule has 2 aromatic rings. The molecule has 0 saturated heterocycles.